The Morgan fingerprint density at radius 3 is 2.71 bits per heavy atom. The van der Waals surface area contributed by atoms with E-state index in [2.05, 4.69) is 17.1 Å². The summed E-state index contributed by atoms with van der Waals surface area (Å²) in [4.78, 5) is 14.7. The first kappa shape index (κ1) is 16.7. The third kappa shape index (κ3) is 3.41. The Morgan fingerprint density at radius 1 is 1.33 bits per heavy atom. The average Bonchev–Trinajstić information content (AvgIpc) is 2.54. The van der Waals surface area contributed by atoms with Crippen molar-refractivity contribution in [1.82, 2.24) is 10.2 Å². The molecule has 2 aliphatic rings. The molecule has 0 aromatic rings. The van der Waals surface area contributed by atoms with E-state index in [1.807, 2.05) is 7.05 Å². The molecule has 5 heteroatoms. The van der Waals surface area contributed by atoms with E-state index in [1.165, 1.54) is 13.5 Å². The van der Waals surface area contributed by atoms with E-state index in [9.17, 15) is 4.79 Å². The highest BCUT2D eigenvalue weighted by atomic mass is 16.5. The maximum absolute atomic E-state index is 12.2. The van der Waals surface area contributed by atoms with Crippen LogP contribution in [0.15, 0.2) is 0 Å². The Kier molecular flexibility index (Phi) is 5.63. The molecule has 2 fully saturated rings. The molecule has 0 aromatic carbocycles. The molecule has 1 heterocycles. The molecule has 122 valence electrons. The predicted octanol–water partition coefficient (Wildman–Crippen LogP) is 1.42. The van der Waals surface area contributed by atoms with Gasteiger partial charge in [-0.05, 0) is 51.6 Å². The molecule has 1 saturated heterocycles. The molecule has 1 aliphatic heterocycles. The molecule has 1 saturated carbocycles. The lowest BCUT2D eigenvalue weighted by Crippen LogP contribution is -2.59. The Morgan fingerprint density at radius 2 is 2.10 bits per heavy atom. The zero-order valence-corrected chi connectivity index (χ0v) is 13.9. The molecule has 0 amide bonds. The molecular weight excluding hydrogens is 268 g/mol. The third-order valence-corrected chi connectivity index (χ3v) is 5.52. The van der Waals surface area contributed by atoms with Gasteiger partial charge >= 0.3 is 5.97 Å². The molecule has 4 atom stereocenters. The van der Waals surface area contributed by atoms with Crippen LogP contribution in [0.1, 0.15) is 39.0 Å². The number of ether oxygens (including phenoxy) is 2. The predicted molar refractivity (Wildman–Crippen MR) is 82.2 cm³/mol. The number of esters is 1. The van der Waals surface area contributed by atoms with E-state index in [-0.39, 0.29) is 5.97 Å². The van der Waals surface area contributed by atoms with Crippen molar-refractivity contribution in [3.8, 4) is 0 Å². The second kappa shape index (κ2) is 7.07. The van der Waals surface area contributed by atoms with Crippen molar-refractivity contribution in [2.75, 3.05) is 34.4 Å². The standard InChI is InChI=1S/C16H30N2O3/c1-12-7-9-18(11-14(12)20-3)13-6-5-8-16(10-13,17-2)15(19)21-4/h12-14,17H,5-11H2,1-4H3. The topological polar surface area (TPSA) is 50.8 Å². The molecule has 0 radical (unpaired) electrons. The van der Waals surface area contributed by atoms with E-state index in [1.54, 1.807) is 7.11 Å². The summed E-state index contributed by atoms with van der Waals surface area (Å²) in [7, 11) is 5.15. The van der Waals surface area contributed by atoms with Crippen molar-refractivity contribution in [3.63, 3.8) is 0 Å². The minimum absolute atomic E-state index is 0.122. The summed E-state index contributed by atoms with van der Waals surface area (Å²) in [6.45, 7) is 4.34. The number of nitrogens with one attached hydrogen (secondary N) is 1. The van der Waals surface area contributed by atoms with Crippen molar-refractivity contribution in [1.29, 1.82) is 0 Å². The lowest BCUT2D eigenvalue weighted by atomic mass is 9.77. The second-order valence-corrected chi connectivity index (χ2v) is 6.61. The van der Waals surface area contributed by atoms with Crippen LogP contribution in [-0.4, -0.2) is 62.9 Å². The highest BCUT2D eigenvalue weighted by Gasteiger charge is 2.44. The first-order valence-electron chi connectivity index (χ1n) is 8.10. The first-order chi connectivity index (χ1) is 10.1. The number of piperidine rings is 1. The summed E-state index contributed by atoms with van der Waals surface area (Å²) in [5, 5.41) is 3.24. The largest absolute Gasteiger partial charge is 0.468 e. The van der Waals surface area contributed by atoms with Gasteiger partial charge in [0.1, 0.15) is 5.54 Å². The van der Waals surface area contributed by atoms with Crippen LogP contribution in [0, 0.1) is 5.92 Å². The average molecular weight is 298 g/mol. The Labute approximate surface area is 128 Å². The fourth-order valence-electron chi connectivity index (χ4n) is 3.96. The molecule has 2 rings (SSSR count). The van der Waals surface area contributed by atoms with Gasteiger partial charge in [0.25, 0.3) is 0 Å². The summed E-state index contributed by atoms with van der Waals surface area (Å²) in [6.07, 6.45) is 5.39. The lowest BCUT2D eigenvalue weighted by Gasteiger charge is -2.46. The molecule has 1 N–H and O–H groups in total. The number of hydrogen-bond donors (Lipinski definition) is 1. The van der Waals surface area contributed by atoms with Gasteiger partial charge in [-0.2, -0.15) is 0 Å². The van der Waals surface area contributed by atoms with Gasteiger partial charge in [0.15, 0.2) is 0 Å². The number of hydrogen-bond acceptors (Lipinski definition) is 5. The van der Waals surface area contributed by atoms with Crippen LogP contribution in [0.5, 0.6) is 0 Å². The molecule has 5 nitrogen and oxygen atoms in total. The zero-order valence-electron chi connectivity index (χ0n) is 13.9. The normalized spacial score (nSPS) is 38.2. The Balaban J connectivity index is 2.05. The number of nitrogens with zero attached hydrogens (tertiary/aromatic N) is 1. The minimum atomic E-state index is -0.511. The molecule has 21 heavy (non-hydrogen) atoms. The van der Waals surface area contributed by atoms with Crippen molar-refractivity contribution < 1.29 is 14.3 Å². The van der Waals surface area contributed by atoms with Crippen LogP contribution in [0.25, 0.3) is 0 Å². The smallest absolute Gasteiger partial charge is 0.326 e. The van der Waals surface area contributed by atoms with Crippen LogP contribution in [0.4, 0.5) is 0 Å². The molecule has 1 aliphatic carbocycles. The highest BCUT2D eigenvalue weighted by molar-refractivity contribution is 5.81. The van der Waals surface area contributed by atoms with E-state index in [0.29, 0.717) is 18.1 Å². The summed E-state index contributed by atoms with van der Waals surface area (Å²) in [5.41, 5.74) is -0.511. The fourth-order valence-corrected chi connectivity index (χ4v) is 3.96. The summed E-state index contributed by atoms with van der Waals surface area (Å²) >= 11 is 0. The number of carbonyl (C=O) groups excluding carboxylic acids is 1. The number of likely N-dealkylation sites (N-methyl/N-ethyl adjacent to an activating group) is 1. The number of likely N-dealkylation sites (tertiary alicyclic amines) is 1. The zero-order chi connectivity index (χ0) is 15.5. The van der Waals surface area contributed by atoms with Gasteiger partial charge < -0.3 is 14.8 Å². The minimum Gasteiger partial charge on any atom is -0.468 e. The van der Waals surface area contributed by atoms with Gasteiger partial charge in [0, 0.05) is 19.7 Å². The molecule has 0 spiro atoms. The van der Waals surface area contributed by atoms with E-state index >= 15 is 0 Å². The number of carbonyl (C=O) groups is 1. The Bertz CT molecular complexity index is 363. The van der Waals surface area contributed by atoms with E-state index in [4.69, 9.17) is 9.47 Å². The van der Waals surface area contributed by atoms with Crippen LogP contribution in [-0.2, 0) is 14.3 Å². The SMILES string of the molecule is CNC1(C(=O)OC)CCCC(N2CCC(C)C(OC)C2)C1. The van der Waals surface area contributed by atoms with E-state index in [0.717, 1.165) is 38.8 Å². The van der Waals surface area contributed by atoms with Crippen molar-refractivity contribution in [2.24, 2.45) is 5.92 Å². The molecule has 4 unspecified atom stereocenters. The quantitative estimate of drug-likeness (QED) is 0.796. The first-order valence-corrected chi connectivity index (χ1v) is 8.10. The molecule has 0 bridgehead atoms. The van der Waals surface area contributed by atoms with Crippen LogP contribution >= 0.6 is 0 Å². The summed E-state index contributed by atoms with van der Waals surface area (Å²) in [5.74, 6) is 0.493. The monoisotopic (exact) mass is 298 g/mol. The van der Waals surface area contributed by atoms with Crippen LogP contribution < -0.4 is 5.32 Å². The van der Waals surface area contributed by atoms with Crippen molar-refractivity contribution >= 4 is 5.97 Å². The molecular formula is C16H30N2O3. The van der Waals surface area contributed by atoms with Crippen molar-refractivity contribution in [3.05, 3.63) is 0 Å². The number of methoxy groups -OCH3 is 2. The van der Waals surface area contributed by atoms with Crippen molar-refractivity contribution in [2.45, 2.75) is 56.7 Å². The second-order valence-electron chi connectivity index (χ2n) is 6.61. The van der Waals surface area contributed by atoms with Gasteiger partial charge in [-0.3, -0.25) is 9.69 Å². The summed E-state index contributed by atoms with van der Waals surface area (Å²) < 4.78 is 10.7. The third-order valence-electron chi connectivity index (χ3n) is 5.52. The summed E-state index contributed by atoms with van der Waals surface area (Å²) in [6, 6.07) is 0.440. The van der Waals surface area contributed by atoms with Gasteiger partial charge in [-0.1, -0.05) is 6.92 Å². The maximum Gasteiger partial charge on any atom is 0.326 e. The van der Waals surface area contributed by atoms with Gasteiger partial charge in [0.2, 0.25) is 0 Å². The number of rotatable bonds is 4. The van der Waals surface area contributed by atoms with Crippen LogP contribution in [0.3, 0.4) is 0 Å². The van der Waals surface area contributed by atoms with Gasteiger partial charge in [-0.15, -0.1) is 0 Å². The van der Waals surface area contributed by atoms with E-state index < -0.39 is 5.54 Å². The van der Waals surface area contributed by atoms with Gasteiger partial charge in [0.05, 0.1) is 13.2 Å². The van der Waals surface area contributed by atoms with Gasteiger partial charge in [-0.25, -0.2) is 0 Å². The molecule has 0 aromatic heterocycles. The maximum atomic E-state index is 12.2. The highest BCUT2D eigenvalue weighted by Crippen LogP contribution is 2.34. The lowest BCUT2D eigenvalue weighted by molar-refractivity contribution is -0.151. The fraction of sp³-hybridized carbons (Fsp3) is 0.938. The van der Waals surface area contributed by atoms with Crippen LogP contribution in [0.2, 0.25) is 0 Å². The Hall–Kier alpha value is -0.650.